The number of nitrogens with zero attached hydrogens (tertiary/aromatic N) is 1. The number of allylic oxidation sites excluding steroid dienone is 1. The third kappa shape index (κ3) is 3.99. The quantitative estimate of drug-likeness (QED) is 0.414. The van der Waals surface area contributed by atoms with Gasteiger partial charge in [0.2, 0.25) is 5.78 Å². The van der Waals surface area contributed by atoms with Crippen LogP contribution in [0.25, 0.3) is 6.08 Å². The first-order valence-corrected chi connectivity index (χ1v) is 11.6. The summed E-state index contributed by atoms with van der Waals surface area (Å²) in [6, 6.07) is 11.4. The molecule has 0 fully saturated rings. The summed E-state index contributed by atoms with van der Waals surface area (Å²) in [5, 5.41) is 3.27. The number of halogens is 2. The van der Waals surface area contributed by atoms with Gasteiger partial charge in [0.15, 0.2) is 5.76 Å². The van der Waals surface area contributed by atoms with Crippen molar-refractivity contribution in [3.8, 4) is 11.5 Å². The van der Waals surface area contributed by atoms with Gasteiger partial charge in [0.1, 0.15) is 18.2 Å². The SMILES string of the molecule is Cc1cc2c(c3c1C(=O)/C(=C\c1cccs1)O3)CN(CCc1ccc(Cl)cc1Cl)CO2. The summed E-state index contributed by atoms with van der Waals surface area (Å²) in [6.45, 7) is 3.80. The molecule has 0 atom stereocenters. The molecule has 1 aromatic heterocycles. The molecule has 0 saturated carbocycles. The Bertz CT molecular complexity index is 1200. The van der Waals surface area contributed by atoms with Crippen LogP contribution >= 0.6 is 34.5 Å². The third-order valence-electron chi connectivity index (χ3n) is 5.52. The lowest BCUT2D eigenvalue weighted by molar-refractivity contribution is 0.0949. The van der Waals surface area contributed by atoms with Crippen molar-refractivity contribution < 1.29 is 14.3 Å². The van der Waals surface area contributed by atoms with Crippen molar-refractivity contribution in [2.24, 2.45) is 0 Å². The molecule has 0 saturated heterocycles. The molecule has 0 spiro atoms. The highest BCUT2D eigenvalue weighted by atomic mass is 35.5. The molecule has 0 aliphatic carbocycles. The van der Waals surface area contributed by atoms with Gasteiger partial charge in [-0.05, 0) is 54.1 Å². The highest BCUT2D eigenvalue weighted by molar-refractivity contribution is 7.10. The minimum Gasteiger partial charge on any atom is -0.478 e. The zero-order valence-corrected chi connectivity index (χ0v) is 19.1. The first-order chi connectivity index (χ1) is 15.0. The lowest BCUT2D eigenvalue weighted by atomic mass is 9.98. The summed E-state index contributed by atoms with van der Waals surface area (Å²) >= 11 is 13.9. The lowest BCUT2D eigenvalue weighted by Crippen LogP contribution is -2.34. The molecule has 4 nitrogen and oxygen atoms in total. The molecular formula is C24H19Cl2NO3S. The summed E-state index contributed by atoms with van der Waals surface area (Å²) < 4.78 is 12.1. The van der Waals surface area contributed by atoms with E-state index in [-0.39, 0.29) is 5.78 Å². The number of aryl methyl sites for hydroxylation is 1. The molecule has 158 valence electrons. The Balaban J connectivity index is 1.39. The standard InChI is InChI=1S/C24H19Cl2NO3S/c1-14-9-20-18(24-22(14)23(28)21(30-24)11-17-3-2-8-31-17)12-27(13-29-20)7-6-15-4-5-16(25)10-19(15)26/h2-5,8-11H,6-7,12-13H2,1H3/b21-11+. The Morgan fingerprint density at radius 3 is 2.87 bits per heavy atom. The smallest absolute Gasteiger partial charge is 0.232 e. The van der Waals surface area contributed by atoms with Crippen molar-refractivity contribution in [2.45, 2.75) is 19.9 Å². The molecule has 5 rings (SSSR count). The zero-order chi connectivity index (χ0) is 21.5. The number of benzene rings is 2. The summed E-state index contributed by atoms with van der Waals surface area (Å²) in [7, 11) is 0. The summed E-state index contributed by atoms with van der Waals surface area (Å²) in [5.74, 6) is 1.69. The Hall–Kier alpha value is -2.31. The van der Waals surface area contributed by atoms with Crippen molar-refractivity contribution in [3.63, 3.8) is 0 Å². The molecule has 0 N–H and O–H groups in total. The number of hydrogen-bond donors (Lipinski definition) is 0. The predicted octanol–water partition coefficient (Wildman–Crippen LogP) is 6.37. The number of fused-ring (bicyclic) bond motifs is 3. The van der Waals surface area contributed by atoms with Crippen LogP contribution in [0, 0.1) is 6.92 Å². The van der Waals surface area contributed by atoms with Gasteiger partial charge < -0.3 is 9.47 Å². The van der Waals surface area contributed by atoms with E-state index < -0.39 is 0 Å². The molecule has 0 radical (unpaired) electrons. The number of carbonyl (C=O) groups is 1. The van der Waals surface area contributed by atoms with Gasteiger partial charge in [-0.1, -0.05) is 35.3 Å². The van der Waals surface area contributed by atoms with Crippen molar-refractivity contribution >= 4 is 46.4 Å². The monoisotopic (exact) mass is 471 g/mol. The van der Waals surface area contributed by atoms with E-state index in [2.05, 4.69) is 4.90 Å². The number of carbonyl (C=O) groups excluding carboxylic acids is 1. The number of thiophene rings is 1. The fraction of sp³-hybridized carbons (Fsp3) is 0.208. The maximum absolute atomic E-state index is 13.0. The minimum absolute atomic E-state index is 0.0752. The number of ether oxygens (including phenoxy) is 2. The highest BCUT2D eigenvalue weighted by Gasteiger charge is 2.35. The van der Waals surface area contributed by atoms with Crippen LogP contribution in [0.2, 0.25) is 10.0 Å². The van der Waals surface area contributed by atoms with Crippen molar-refractivity contribution in [2.75, 3.05) is 13.3 Å². The molecular weight excluding hydrogens is 453 g/mol. The van der Waals surface area contributed by atoms with Gasteiger partial charge in [0.05, 0.1) is 11.1 Å². The van der Waals surface area contributed by atoms with Crippen LogP contribution in [0.3, 0.4) is 0 Å². The van der Waals surface area contributed by atoms with Crippen molar-refractivity contribution in [1.82, 2.24) is 4.90 Å². The fourth-order valence-corrected chi connectivity index (χ4v) is 5.07. The van der Waals surface area contributed by atoms with E-state index >= 15 is 0 Å². The molecule has 3 heterocycles. The largest absolute Gasteiger partial charge is 0.478 e. The van der Waals surface area contributed by atoms with Crippen molar-refractivity contribution in [3.05, 3.63) is 84.7 Å². The Labute approximate surface area is 194 Å². The highest BCUT2D eigenvalue weighted by Crippen LogP contribution is 2.44. The maximum Gasteiger partial charge on any atom is 0.232 e. The van der Waals surface area contributed by atoms with Gasteiger partial charge in [-0.3, -0.25) is 9.69 Å². The van der Waals surface area contributed by atoms with Gasteiger partial charge in [0, 0.05) is 34.1 Å². The first-order valence-electron chi connectivity index (χ1n) is 9.93. The third-order valence-corrected chi connectivity index (χ3v) is 6.92. The van der Waals surface area contributed by atoms with Crippen LogP contribution in [0.1, 0.15) is 31.9 Å². The second-order valence-corrected chi connectivity index (χ2v) is 9.46. The molecule has 2 aromatic carbocycles. The molecule has 0 bridgehead atoms. The number of ketones is 1. The Morgan fingerprint density at radius 2 is 2.10 bits per heavy atom. The molecule has 7 heteroatoms. The van der Waals surface area contributed by atoms with E-state index in [1.807, 2.05) is 48.7 Å². The Kier molecular flexibility index (Phi) is 5.52. The predicted molar refractivity (Wildman–Crippen MR) is 125 cm³/mol. The number of hydrogen-bond acceptors (Lipinski definition) is 5. The topological polar surface area (TPSA) is 38.8 Å². The van der Waals surface area contributed by atoms with Gasteiger partial charge in [-0.2, -0.15) is 0 Å². The van der Waals surface area contributed by atoms with E-state index in [4.69, 9.17) is 32.7 Å². The van der Waals surface area contributed by atoms with Crippen LogP contribution in [-0.2, 0) is 13.0 Å². The van der Waals surface area contributed by atoms with Crippen LogP contribution in [0.15, 0.2) is 47.5 Å². The van der Waals surface area contributed by atoms with E-state index in [1.165, 1.54) is 0 Å². The number of rotatable bonds is 4. The minimum atomic E-state index is -0.0752. The fourth-order valence-electron chi connectivity index (χ4n) is 3.92. The van der Waals surface area contributed by atoms with Crippen LogP contribution in [0.5, 0.6) is 11.5 Å². The molecule has 2 aliphatic heterocycles. The van der Waals surface area contributed by atoms with Gasteiger partial charge >= 0.3 is 0 Å². The normalized spacial score (nSPS) is 16.7. The second-order valence-electron chi connectivity index (χ2n) is 7.64. The molecule has 0 amide bonds. The van der Waals surface area contributed by atoms with E-state index in [0.717, 1.165) is 40.3 Å². The van der Waals surface area contributed by atoms with Gasteiger partial charge in [-0.25, -0.2) is 0 Å². The molecule has 3 aromatic rings. The van der Waals surface area contributed by atoms with Crippen LogP contribution < -0.4 is 9.47 Å². The van der Waals surface area contributed by atoms with Crippen LogP contribution in [0.4, 0.5) is 0 Å². The molecule has 31 heavy (non-hydrogen) atoms. The zero-order valence-electron chi connectivity index (χ0n) is 16.8. The maximum atomic E-state index is 13.0. The number of Topliss-reactive ketones (excluding diaryl/α,β-unsaturated/α-hetero) is 1. The average molecular weight is 472 g/mol. The Morgan fingerprint density at radius 1 is 1.23 bits per heavy atom. The van der Waals surface area contributed by atoms with E-state index in [0.29, 0.717) is 40.4 Å². The van der Waals surface area contributed by atoms with Gasteiger partial charge in [0.25, 0.3) is 0 Å². The van der Waals surface area contributed by atoms with Gasteiger partial charge in [-0.15, -0.1) is 11.3 Å². The van der Waals surface area contributed by atoms with Crippen LogP contribution in [-0.4, -0.2) is 24.0 Å². The molecule has 0 unspecified atom stereocenters. The first kappa shape index (κ1) is 20.6. The van der Waals surface area contributed by atoms with E-state index in [1.54, 1.807) is 17.4 Å². The molecule has 2 aliphatic rings. The van der Waals surface area contributed by atoms with Crippen molar-refractivity contribution in [1.29, 1.82) is 0 Å². The van der Waals surface area contributed by atoms with E-state index in [9.17, 15) is 4.79 Å². The summed E-state index contributed by atoms with van der Waals surface area (Å²) in [5.41, 5.74) is 3.46. The second kappa shape index (κ2) is 8.32. The summed E-state index contributed by atoms with van der Waals surface area (Å²) in [4.78, 5) is 16.2. The summed E-state index contributed by atoms with van der Waals surface area (Å²) in [6.07, 6.45) is 2.58. The lowest BCUT2D eigenvalue weighted by Gasteiger charge is -2.30. The average Bonchev–Trinajstić information content (AvgIpc) is 3.37.